The lowest BCUT2D eigenvalue weighted by atomic mass is 10.1. The van der Waals surface area contributed by atoms with Gasteiger partial charge in [0.05, 0.1) is 13.2 Å². The van der Waals surface area contributed by atoms with Crippen LogP contribution in [0.4, 0.5) is 0 Å². The van der Waals surface area contributed by atoms with E-state index in [2.05, 4.69) is 15.5 Å². The van der Waals surface area contributed by atoms with E-state index < -0.39 is 0 Å². The normalized spacial score (nSPS) is 11.6. The quantitative estimate of drug-likeness (QED) is 0.432. The number of hydrogen-bond donors (Lipinski definition) is 1. The van der Waals surface area contributed by atoms with Crippen molar-refractivity contribution in [2.75, 3.05) is 7.11 Å². The molecule has 1 unspecified atom stereocenters. The molecule has 7 nitrogen and oxygen atoms in total. The van der Waals surface area contributed by atoms with Crippen molar-refractivity contribution in [2.45, 2.75) is 19.6 Å². The van der Waals surface area contributed by atoms with E-state index in [1.54, 1.807) is 25.6 Å². The van der Waals surface area contributed by atoms with Crippen molar-refractivity contribution < 1.29 is 18.8 Å². The maximum Gasteiger partial charge on any atom is 0.290 e. The van der Waals surface area contributed by atoms with E-state index in [4.69, 9.17) is 14.0 Å². The van der Waals surface area contributed by atoms with Crippen molar-refractivity contribution in [2.24, 2.45) is 0 Å². The number of nitrogens with one attached hydrogen (secondary N) is 1. The van der Waals surface area contributed by atoms with Gasteiger partial charge in [0, 0.05) is 24.0 Å². The van der Waals surface area contributed by atoms with E-state index in [1.807, 2.05) is 67.6 Å². The number of benzene rings is 2. The highest BCUT2D eigenvalue weighted by Crippen LogP contribution is 2.31. The third-order valence-electron chi connectivity index (χ3n) is 4.98. The second kappa shape index (κ2) is 9.78. The maximum atomic E-state index is 12.6. The molecule has 1 N–H and O–H groups in total. The van der Waals surface area contributed by atoms with Crippen molar-refractivity contribution in [1.29, 1.82) is 0 Å². The fourth-order valence-electron chi connectivity index (χ4n) is 3.19. The van der Waals surface area contributed by atoms with Gasteiger partial charge in [-0.15, -0.1) is 0 Å². The van der Waals surface area contributed by atoms with E-state index in [-0.39, 0.29) is 17.7 Å². The maximum absolute atomic E-state index is 12.6. The first-order valence-corrected chi connectivity index (χ1v) is 10.2. The molecule has 2 aromatic heterocycles. The second-order valence-corrected chi connectivity index (χ2v) is 7.19. The van der Waals surface area contributed by atoms with Gasteiger partial charge < -0.3 is 19.3 Å². The standard InChI is InChI=1S/C25H23N3O4/c1-17(27-25(29)24-15-21(28-32-24)19-6-4-3-5-7-19)20-8-9-22(23(14-20)30-2)31-16-18-10-12-26-13-11-18/h3-15,17H,16H2,1-2H3,(H,27,29). The average Bonchev–Trinajstić information content (AvgIpc) is 3.34. The summed E-state index contributed by atoms with van der Waals surface area (Å²) < 4.78 is 16.6. The molecule has 0 radical (unpaired) electrons. The molecule has 1 amide bonds. The number of nitrogens with zero attached hydrogens (tertiary/aromatic N) is 2. The first-order valence-electron chi connectivity index (χ1n) is 10.2. The van der Waals surface area contributed by atoms with Gasteiger partial charge in [0.25, 0.3) is 5.91 Å². The van der Waals surface area contributed by atoms with Crippen LogP contribution < -0.4 is 14.8 Å². The highest BCUT2D eigenvalue weighted by Gasteiger charge is 2.18. The Hall–Kier alpha value is -4.13. The molecule has 0 spiro atoms. The Balaban J connectivity index is 1.42. The smallest absolute Gasteiger partial charge is 0.290 e. The first kappa shape index (κ1) is 21.1. The first-order chi connectivity index (χ1) is 15.6. The monoisotopic (exact) mass is 429 g/mol. The molecule has 162 valence electrons. The number of ether oxygens (including phenoxy) is 2. The third kappa shape index (κ3) is 4.95. The molecule has 1 atom stereocenters. The lowest BCUT2D eigenvalue weighted by molar-refractivity contribution is 0.0902. The average molecular weight is 429 g/mol. The van der Waals surface area contributed by atoms with Crippen molar-refractivity contribution in [3.05, 3.63) is 96.0 Å². The van der Waals surface area contributed by atoms with Gasteiger partial charge in [0.1, 0.15) is 12.3 Å². The summed E-state index contributed by atoms with van der Waals surface area (Å²) in [6, 6.07) is 20.3. The molecule has 2 heterocycles. The van der Waals surface area contributed by atoms with Crippen LogP contribution in [0.15, 0.2) is 83.6 Å². The lowest BCUT2D eigenvalue weighted by Crippen LogP contribution is -2.26. The van der Waals surface area contributed by atoms with Crippen molar-refractivity contribution in [1.82, 2.24) is 15.5 Å². The zero-order chi connectivity index (χ0) is 22.3. The minimum absolute atomic E-state index is 0.153. The zero-order valence-electron chi connectivity index (χ0n) is 17.8. The Kier molecular flexibility index (Phi) is 6.46. The predicted octanol–water partition coefficient (Wildman–Crippen LogP) is 4.82. The third-order valence-corrected chi connectivity index (χ3v) is 4.98. The minimum Gasteiger partial charge on any atom is -0.493 e. The number of aromatic nitrogens is 2. The van der Waals surface area contributed by atoms with Gasteiger partial charge in [-0.1, -0.05) is 41.6 Å². The second-order valence-electron chi connectivity index (χ2n) is 7.19. The highest BCUT2D eigenvalue weighted by molar-refractivity contribution is 5.92. The lowest BCUT2D eigenvalue weighted by Gasteiger charge is -2.16. The summed E-state index contributed by atoms with van der Waals surface area (Å²) in [6.07, 6.45) is 3.45. The van der Waals surface area contributed by atoms with E-state index >= 15 is 0 Å². The summed E-state index contributed by atoms with van der Waals surface area (Å²) >= 11 is 0. The fraction of sp³-hybridized carbons (Fsp3) is 0.160. The molecule has 4 rings (SSSR count). The number of methoxy groups -OCH3 is 1. The van der Waals surface area contributed by atoms with Crippen LogP contribution >= 0.6 is 0 Å². The Morgan fingerprint density at radius 3 is 2.56 bits per heavy atom. The van der Waals surface area contributed by atoms with E-state index in [9.17, 15) is 4.79 Å². The molecule has 7 heteroatoms. The summed E-state index contributed by atoms with van der Waals surface area (Å²) in [7, 11) is 1.58. The molecular weight excluding hydrogens is 406 g/mol. The van der Waals surface area contributed by atoms with Crippen LogP contribution in [0.1, 0.15) is 34.6 Å². The number of carbonyl (C=O) groups is 1. The van der Waals surface area contributed by atoms with Gasteiger partial charge in [-0.05, 0) is 42.3 Å². The summed E-state index contributed by atoms with van der Waals surface area (Å²) in [5.41, 5.74) is 3.37. The Morgan fingerprint density at radius 1 is 1.03 bits per heavy atom. The number of pyridine rings is 1. The summed E-state index contributed by atoms with van der Waals surface area (Å²) in [4.78, 5) is 16.6. The van der Waals surface area contributed by atoms with E-state index in [0.29, 0.717) is 23.8 Å². The summed E-state index contributed by atoms with van der Waals surface area (Å²) in [5, 5.41) is 6.93. The molecule has 0 saturated heterocycles. The molecule has 2 aromatic carbocycles. The summed E-state index contributed by atoms with van der Waals surface area (Å²) in [5.74, 6) is 1.02. The van der Waals surface area contributed by atoms with Gasteiger partial charge in [-0.3, -0.25) is 9.78 Å². The summed E-state index contributed by atoms with van der Waals surface area (Å²) in [6.45, 7) is 2.29. The van der Waals surface area contributed by atoms with E-state index in [1.165, 1.54) is 0 Å². The molecular formula is C25H23N3O4. The molecule has 32 heavy (non-hydrogen) atoms. The molecule has 0 aliphatic heterocycles. The Morgan fingerprint density at radius 2 is 1.81 bits per heavy atom. The van der Waals surface area contributed by atoms with Crippen molar-refractivity contribution in [3.8, 4) is 22.8 Å². The van der Waals surface area contributed by atoms with Gasteiger partial charge >= 0.3 is 0 Å². The number of amides is 1. The van der Waals surface area contributed by atoms with Crippen molar-refractivity contribution in [3.63, 3.8) is 0 Å². The predicted molar refractivity (Wildman–Crippen MR) is 119 cm³/mol. The molecule has 0 bridgehead atoms. The fourth-order valence-corrected chi connectivity index (χ4v) is 3.19. The zero-order valence-corrected chi connectivity index (χ0v) is 17.8. The largest absolute Gasteiger partial charge is 0.493 e. The van der Waals surface area contributed by atoms with E-state index in [0.717, 1.165) is 16.7 Å². The molecule has 0 fully saturated rings. The van der Waals surface area contributed by atoms with Gasteiger partial charge in [-0.2, -0.15) is 0 Å². The minimum atomic E-state index is -0.343. The van der Waals surface area contributed by atoms with Crippen LogP contribution in [-0.2, 0) is 6.61 Å². The topological polar surface area (TPSA) is 86.5 Å². The van der Waals surface area contributed by atoms with Crippen LogP contribution in [0, 0.1) is 0 Å². The van der Waals surface area contributed by atoms with Crippen LogP contribution in [0.3, 0.4) is 0 Å². The van der Waals surface area contributed by atoms with Crippen LogP contribution in [0.5, 0.6) is 11.5 Å². The van der Waals surface area contributed by atoms with Crippen LogP contribution in [0.25, 0.3) is 11.3 Å². The van der Waals surface area contributed by atoms with Gasteiger partial charge in [-0.25, -0.2) is 0 Å². The van der Waals surface area contributed by atoms with Gasteiger partial charge in [0.2, 0.25) is 5.76 Å². The van der Waals surface area contributed by atoms with Crippen LogP contribution in [0.2, 0.25) is 0 Å². The number of rotatable bonds is 8. The van der Waals surface area contributed by atoms with Gasteiger partial charge in [0.15, 0.2) is 11.5 Å². The SMILES string of the molecule is COc1cc(C(C)NC(=O)c2cc(-c3ccccc3)no2)ccc1OCc1ccncc1. The number of hydrogen-bond acceptors (Lipinski definition) is 6. The Labute approximate surface area is 186 Å². The molecule has 0 aliphatic rings. The molecule has 4 aromatic rings. The molecule has 0 aliphatic carbocycles. The van der Waals surface area contributed by atoms with Crippen molar-refractivity contribution >= 4 is 5.91 Å². The number of carbonyl (C=O) groups excluding carboxylic acids is 1. The molecule has 0 saturated carbocycles. The highest BCUT2D eigenvalue weighted by atomic mass is 16.5. The Bertz CT molecular complexity index is 1180. The van der Waals surface area contributed by atoms with Crippen LogP contribution in [-0.4, -0.2) is 23.2 Å².